The normalized spacial score (nSPS) is 20.4. The molecule has 1 aliphatic rings. The van der Waals surface area contributed by atoms with E-state index in [0.29, 0.717) is 13.0 Å². The third-order valence-corrected chi connectivity index (χ3v) is 4.79. The van der Waals surface area contributed by atoms with E-state index in [-0.39, 0.29) is 11.9 Å². The van der Waals surface area contributed by atoms with Gasteiger partial charge in [0.05, 0.1) is 5.41 Å². The van der Waals surface area contributed by atoms with Crippen molar-refractivity contribution in [3.05, 3.63) is 48.5 Å². The Balaban J connectivity index is 1.94. The van der Waals surface area contributed by atoms with Crippen molar-refractivity contribution in [2.24, 2.45) is 5.41 Å². The zero-order valence-electron chi connectivity index (χ0n) is 15.0. The summed E-state index contributed by atoms with van der Waals surface area (Å²) in [6.45, 7) is 5.71. The predicted octanol–water partition coefficient (Wildman–Crippen LogP) is 2.58. The maximum atomic E-state index is 13.0. The predicted molar refractivity (Wildman–Crippen MR) is 99.0 cm³/mol. The lowest BCUT2D eigenvalue weighted by molar-refractivity contribution is -0.132. The third kappa shape index (κ3) is 4.04. The molecule has 1 aromatic heterocycles. The lowest BCUT2D eigenvalue weighted by atomic mass is 9.73. The van der Waals surface area contributed by atoms with E-state index < -0.39 is 5.41 Å². The minimum Gasteiger partial charge on any atom is -0.353 e. The fourth-order valence-corrected chi connectivity index (χ4v) is 3.57. The summed E-state index contributed by atoms with van der Waals surface area (Å²) < 4.78 is 0. The van der Waals surface area contributed by atoms with Crippen molar-refractivity contribution >= 4 is 5.91 Å². The summed E-state index contributed by atoms with van der Waals surface area (Å²) in [5.74, 6) is 0.147. The number of carbonyl (C=O) groups is 1. The Bertz CT molecular complexity index is 709. The molecule has 2 heterocycles. The number of hydrogen-bond acceptors (Lipinski definition) is 4. The van der Waals surface area contributed by atoms with E-state index in [4.69, 9.17) is 0 Å². The van der Waals surface area contributed by atoms with Crippen LogP contribution in [-0.2, 0) is 11.2 Å². The van der Waals surface area contributed by atoms with Gasteiger partial charge in [0.1, 0.15) is 6.33 Å². The second kappa shape index (κ2) is 7.74. The summed E-state index contributed by atoms with van der Waals surface area (Å²) >= 11 is 0. The SMILES string of the molecule is CC(C)NC(=O)C1(Cc2ccccc2-c2cncnc2)CCCNC1. The number of rotatable bonds is 5. The largest absolute Gasteiger partial charge is 0.353 e. The lowest BCUT2D eigenvalue weighted by Crippen LogP contribution is -2.53. The van der Waals surface area contributed by atoms with Gasteiger partial charge in [0.15, 0.2) is 0 Å². The van der Waals surface area contributed by atoms with Gasteiger partial charge < -0.3 is 10.6 Å². The van der Waals surface area contributed by atoms with Crippen molar-refractivity contribution in [2.75, 3.05) is 13.1 Å². The van der Waals surface area contributed by atoms with Crippen LogP contribution >= 0.6 is 0 Å². The molecule has 1 amide bonds. The summed E-state index contributed by atoms with van der Waals surface area (Å²) in [5, 5.41) is 6.55. The van der Waals surface area contributed by atoms with Crippen molar-refractivity contribution in [2.45, 2.75) is 39.2 Å². The van der Waals surface area contributed by atoms with Crippen molar-refractivity contribution in [1.82, 2.24) is 20.6 Å². The summed E-state index contributed by atoms with van der Waals surface area (Å²) in [6.07, 6.45) is 7.82. The summed E-state index contributed by atoms with van der Waals surface area (Å²) in [5.41, 5.74) is 2.85. The van der Waals surface area contributed by atoms with Crippen LogP contribution in [-0.4, -0.2) is 35.0 Å². The van der Waals surface area contributed by atoms with Gasteiger partial charge in [-0.15, -0.1) is 0 Å². The first kappa shape index (κ1) is 17.5. The van der Waals surface area contributed by atoms with Crippen LogP contribution in [0.25, 0.3) is 11.1 Å². The molecule has 3 rings (SSSR count). The Morgan fingerprint density at radius 3 is 2.72 bits per heavy atom. The number of nitrogens with zero attached hydrogens (tertiary/aromatic N) is 2. The fraction of sp³-hybridized carbons (Fsp3) is 0.450. The Morgan fingerprint density at radius 1 is 1.28 bits per heavy atom. The maximum absolute atomic E-state index is 13.0. The Labute approximate surface area is 149 Å². The van der Waals surface area contributed by atoms with Gasteiger partial charge in [-0.25, -0.2) is 9.97 Å². The average molecular weight is 338 g/mol. The zero-order chi connectivity index (χ0) is 17.7. The number of nitrogens with one attached hydrogen (secondary N) is 2. The molecule has 1 fully saturated rings. The van der Waals surface area contributed by atoms with Crippen LogP contribution in [0, 0.1) is 5.41 Å². The molecule has 5 heteroatoms. The second-order valence-corrected chi connectivity index (χ2v) is 7.15. The minimum absolute atomic E-state index is 0.143. The van der Waals surface area contributed by atoms with Gasteiger partial charge in [0.2, 0.25) is 5.91 Å². The lowest BCUT2D eigenvalue weighted by Gasteiger charge is -2.37. The molecule has 0 spiro atoms. The maximum Gasteiger partial charge on any atom is 0.228 e. The molecule has 1 aromatic carbocycles. The van der Waals surface area contributed by atoms with E-state index in [1.54, 1.807) is 0 Å². The van der Waals surface area contributed by atoms with Crippen LogP contribution in [0.15, 0.2) is 43.0 Å². The highest BCUT2D eigenvalue weighted by molar-refractivity contribution is 5.84. The van der Waals surface area contributed by atoms with Crippen LogP contribution in [0.3, 0.4) is 0 Å². The molecule has 0 radical (unpaired) electrons. The Hall–Kier alpha value is -2.27. The van der Waals surface area contributed by atoms with Gasteiger partial charge in [0, 0.05) is 30.5 Å². The van der Waals surface area contributed by atoms with Crippen LogP contribution in [0.4, 0.5) is 0 Å². The van der Waals surface area contributed by atoms with Crippen molar-refractivity contribution in [1.29, 1.82) is 0 Å². The van der Waals surface area contributed by atoms with Crippen molar-refractivity contribution < 1.29 is 4.79 Å². The molecular weight excluding hydrogens is 312 g/mol. The van der Waals surface area contributed by atoms with Crippen LogP contribution in [0.5, 0.6) is 0 Å². The quantitative estimate of drug-likeness (QED) is 0.879. The zero-order valence-corrected chi connectivity index (χ0v) is 15.0. The smallest absolute Gasteiger partial charge is 0.228 e. The first-order chi connectivity index (χ1) is 12.1. The molecule has 1 saturated heterocycles. The van der Waals surface area contributed by atoms with E-state index >= 15 is 0 Å². The first-order valence-corrected chi connectivity index (χ1v) is 8.96. The topological polar surface area (TPSA) is 66.9 Å². The third-order valence-electron chi connectivity index (χ3n) is 4.79. The summed E-state index contributed by atoms with van der Waals surface area (Å²) in [4.78, 5) is 21.3. The molecule has 1 unspecified atom stereocenters. The molecule has 5 nitrogen and oxygen atoms in total. The molecule has 0 aliphatic carbocycles. The van der Waals surface area contributed by atoms with Crippen LogP contribution in [0.1, 0.15) is 32.3 Å². The second-order valence-electron chi connectivity index (χ2n) is 7.15. The van der Waals surface area contributed by atoms with Gasteiger partial charge in [-0.3, -0.25) is 4.79 Å². The van der Waals surface area contributed by atoms with Crippen LogP contribution in [0.2, 0.25) is 0 Å². The molecule has 1 aliphatic heterocycles. The van der Waals surface area contributed by atoms with Crippen molar-refractivity contribution in [3.8, 4) is 11.1 Å². The molecule has 1 atom stereocenters. The molecular formula is C20H26N4O. The standard InChI is InChI=1S/C20H26N4O/c1-15(2)24-19(25)20(8-5-9-21-13-20)10-16-6-3-4-7-18(16)17-11-22-14-23-12-17/h3-4,6-7,11-12,14-15,21H,5,8-10,13H2,1-2H3,(H,24,25). The molecule has 132 valence electrons. The van der Waals surface area contributed by atoms with Gasteiger partial charge in [0.25, 0.3) is 0 Å². The molecule has 25 heavy (non-hydrogen) atoms. The number of benzene rings is 1. The molecule has 0 bridgehead atoms. The van der Waals surface area contributed by atoms with Gasteiger partial charge in [-0.2, -0.15) is 0 Å². The summed E-state index contributed by atoms with van der Waals surface area (Å²) in [7, 11) is 0. The van der Waals surface area contributed by atoms with E-state index in [1.807, 2.05) is 38.4 Å². The average Bonchev–Trinajstić information content (AvgIpc) is 2.63. The molecule has 0 saturated carbocycles. The number of amides is 1. The molecule has 2 N–H and O–H groups in total. The summed E-state index contributed by atoms with van der Waals surface area (Å²) in [6, 6.07) is 8.39. The van der Waals surface area contributed by atoms with E-state index in [0.717, 1.165) is 30.5 Å². The Kier molecular flexibility index (Phi) is 5.43. The number of aromatic nitrogens is 2. The number of hydrogen-bond donors (Lipinski definition) is 2. The van der Waals surface area contributed by atoms with Gasteiger partial charge >= 0.3 is 0 Å². The van der Waals surface area contributed by atoms with Crippen molar-refractivity contribution in [3.63, 3.8) is 0 Å². The highest BCUT2D eigenvalue weighted by Crippen LogP contribution is 2.34. The fourth-order valence-electron chi connectivity index (χ4n) is 3.57. The number of piperidine rings is 1. The highest BCUT2D eigenvalue weighted by Gasteiger charge is 2.40. The van der Waals surface area contributed by atoms with Gasteiger partial charge in [-0.05, 0) is 50.8 Å². The molecule has 2 aromatic rings. The van der Waals surface area contributed by atoms with E-state index in [2.05, 4.69) is 32.7 Å². The van der Waals surface area contributed by atoms with E-state index in [9.17, 15) is 4.79 Å². The van der Waals surface area contributed by atoms with Gasteiger partial charge in [-0.1, -0.05) is 24.3 Å². The Morgan fingerprint density at radius 2 is 2.04 bits per heavy atom. The first-order valence-electron chi connectivity index (χ1n) is 8.96. The monoisotopic (exact) mass is 338 g/mol. The van der Waals surface area contributed by atoms with E-state index in [1.165, 1.54) is 11.9 Å². The highest BCUT2D eigenvalue weighted by atomic mass is 16.2. The number of carbonyl (C=O) groups excluding carboxylic acids is 1. The van der Waals surface area contributed by atoms with Crippen LogP contribution < -0.4 is 10.6 Å². The minimum atomic E-state index is -0.408.